The van der Waals surface area contributed by atoms with Crippen molar-refractivity contribution in [3.05, 3.63) is 23.8 Å². The van der Waals surface area contributed by atoms with Crippen LogP contribution in [0.5, 0.6) is 0 Å². The first-order valence-electron chi connectivity index (χ1n) is 4.81. The van der Waals surface area contributed by atoms with Crippen molar-refractivity contribution in [1.29, 1.82) is 5.26 Å². The zero-order valence-electron chi connectivity index (χ0n) is 9.19. The van der Waals surface area contributed by atoms with E-state index in [2.05, 4.69) is 16.6 Å². The number of ether oxygens (including phenoxy) is 1. The van der Waals surface area contributed by atoms with Crippen molar-refractivity contribution in [1.82, 2.24) is 0 Å². The number of nitrogen functional groups attached to an aromatic ring is 1. The topological polar surface area (TPSA) is 76.1 Å². The molecule has 1 rings (SSSR count). The normalized spacial score (nSPS) is 8.71. The molecule has 0 aliphatic carbocycles. The number of rotatable bonds is 2. The van der Waals surface area contributed by atoms with E-state index in [1.54, 1.807) is 25.1 Å². The molecular formula is C12H10N2O2S. The SMILES string of the molecule is CCOC(=O)C#Cc1cc(SC#N)ccc1N. The van der Waals surface area contributed by atoms with Gasteiger partial charge >= 0.3 is 5.97 Å². The maximum absolute atomic E-state index is 11.0. The van der Waals surface area contributed by atoms with E-state index >= 15 is 0 Å². The number of carbonyl (C=O) groups excluding carboxylic acids is 1. The molecule has 0 radical (unpaired) electrons. The van der Waals surface area contributed by atoms with Crippen LogP contribution in [0.4, 0.5) is 5.69 Å². The Hall–Kier alpha value is -2.11. The lowest BCUT2D eigenvalue weighted by Crippen LogP contribution is -2.00. The minimum Gasteiger partial charge on any atom is -0.456 e. The number of anilines is 1. The molecule has 0 atom stereocenters. The maximum atomic E-state index is 11.0. The molecule has 5 heteroatoms. The van der Waals surface area contributed by atoms with Crippen LogP contribution in [0.1, 0.15) is 12.5 Å². The van der Waals surface area contributed by atoms with Crippen LogP contribution in [0.2, 0.25) is 0 Å². The third-order valence-corrected chi connectivity index (χ3v) is 2.34. The average molecular weight is 246 g/mol. The third-order valence-electron chi connectivity index (χ3n) is 1.76. The van der Waals surface area contributed by atoms with E-state index < -0.39 is 5.97 Å². The number of nitriles is 1. The van der Waals surface area contributed by atoms with Gasteiger partial charge < -0.3 is 10.5 Å². The van der Waals surface area contributed by atoms with Crippen LogP contribution in [0.15, 0.2) is 23.1 Å². The predicted octanol–water partition coefficient (Wildman–Crippen LogP) is 1.76. The third kappa shape index (κ3) is 4.10. The van der Waals surface area contributed by atoms with Crippen LogP contribution in [-0.2, 0) is 9.53 Å². The zero-order chi connectivity index (χ0) is 12.7. The van der Waals surface area contributed by atoms with E-state index in [4.69, 9.17) is 11.0 Å². The Morgan fingerprint density at radius 2 is 2.35 bits per heavy atom. The van der Waals surface area contributed by atoms with Crippen LogP contribution < -0.4 is 5.73 Å². The second-order valence-corrected chi connectivity index (χ2v) is 3.77. The fourth-order valence-corrected chi connectivity index (χ4v) is 1.46. The lowest BCUT2D eigenvalue weighted by atomic mass is 10.2. The number of hydrogen-bond acceptors (Lipinski definition) is 5. The number of esters is 1. The quantitative estimate of drug-likeness (QED) is 0.283. The van der Waals surface area contributed by atoms with Gasteiger partial charge in [0.15, 0.2) is 0 Å². The van der Waals surface area contributed by atoms with Crippen LogP contribution in [0.25, 0.3) is 0 Å². The first-order valence-corrected chi connectivity index (χ1v) is 5.63. The smallest absolute Gasteiger partial charge is 0.384 e. The van der Waals surface area contributed by atoms with Crippen molar-refractivity contribution >= 4 is 23.4 Å². The van der Waals surface area contributed by atoms with Gasteiger partial charge in [-0.1, -0.05) is 5.92 Å². The predicted molar refractivity (Wildman–Crippen MR) is 65.8 cm³/mol. The van der Waals surface area contributed by atoms with Crippen molar-refractivity contribution in [3.63, 3.8) is 0 Å². The molecule has 1 aromatic carbocycles. The molecule has 2 N–H and O–H groups in total. The van der Waals surface area contributed by atoms with Gasteiger partial charge in [-0.15, -0.1) is 0 Å². The molecule has 0 spiro atoms. The number of nitrogens with zero attached hydrogens (tertiary/aromatic N) is 1. The van der Waals surface area contributed by atoms with Gasteiger partial charge in [0.2, 0.25) is 0 Å². The summed E-state index contributed by atoms with van der Waals surface area (Å²) in [5, 5.41) is 10.5. The number of carbonyl (C=O) groups is 1. The first-order chi connectivity index (χ1) is 8.17. The Labute approximate surface area is 104 Å². The maximum Gasteiger partial charge on any atom is 0.384 e. The standard InChI is InChI=1S/C12H10N2O2S/c1-2-16-12(15)6-3-9-7-10(17-8-13)4-5-11(9)14/h4-5,7H,2,14H2,1H3. The van der Waals surface area contributed by atoms with E-state index in [0.29, 0.717) is 11.3 Å². The highest BCUT2D eigenvalue weighted by atomic mass is 32.2. The molecule has 86 valence electrons. The second-order valence-electron chi connectivity index (χ2n) is 2.91. The van der Waals surface area contributed by atoms with E-state index in [0.717, 1.165) is 16.7 Å². The minimum atomic E-state index is -0.592. The Bertz CT molecular complexity index is 524. The summed E-state index contributed by atoms with van der Waals surface area (Å²) in [6.45, 7) is 1.99. The molecule has 17 heavy (non-hydrogen) atoms. The summed E-state index contributed by atoms with van der Waals surface area (Å²) in [4.78, 5) is 11.8. The van der Waals surface area contributed by atoms with E-state index in [1.807, 2.05) is 5.40 Å². The molecule has 0 fully saturated rings. The zero-order valence-corrected chi connectivity index (χ0v) is 10.0. The first kappa shape index (κ1) is 13.0. The number of thiocyanates is 1. The molecular weight excluding hydrogens is 236 g/mol. The van der Waals surface area contributed by atoms with Gasteiger partial charge in [-0.3, -0.25) is 0 Å². The van der Waals surface area contributed by atoms with Crippen LogP contribution >= 0.6 is 11.8 Å². The number of benzene rings is 1. The van der Waals surface area contributed by atoms with Crippen LogP contribution in [-0.4, -0.2) is 12.6 Å². The van der Waals surface area contributed by atoms with Gasteiger partial charge in [-0.2, -0.15) is 5.26 Å². The van der Waals surface area contributed by atoms with Crippen molar-refractivity contribution in [3.8, 4) is 17.2 Å². The highest BCUT2D eigenvalue weighted by molar-refractivity contribution is 8.03. The van der Waals surface area contributed by atoms with Crippen molar-refractivity contribution in [2.45, 2.75) is 11.8 Å². The van der Waals surface area contributed by atoms with Gasteiger partial charge in [0.25, 0.3) is 0 Å². The van der Waals surface area contributed by atoms with E-state index in [9.17, 15) is 4.79 Å². The number of thioether (sulfide) groups is 1. The summed E-state index contributed by atoms with van der Waals surface area (Å²) < 4.78 is 4.67. The summed E-state index contributed by atoms with van der Waals surface area (Å²) in [6.07, 6.45) is 0. The highest BCUT2D eigenvalue weighted by Crippen LogP contribution is 2.21. The molecule has 0 unspecified atom stereocenters. The number of hydrogen-bond donors (Lipinski definition) is 1. The van der Waals surface area contributed by atoms with Crippen molar-refractivity contribution in [2.75, 3.05) is 12.3 Å². The van der Waals surface area contributed by atoms with Crippen molar-refractivity contribution in [2.24, 2.45) is 0 Å². The molecule has 0 aromatic heterocycles. The van der Waals surface area contributed by atoms with E-state index in [1.165, 1.54) is 0 Å². The molecule has 0 aliphatic rings. The molecule has 0 amide bonds. The molecule has 0 heterocycles. The van der Waals surface area contributed by atoms with Gasteiger partial charge in [-0.05, 0) is 36.9 Å². The van der Waals surface area contributed by atoms with Gasteiger partial charge in [0.1, 0.15) is 5.40 Å². The monoisotopic (exact) mass is 246 g/mol. The molecule has 0 saturated carbocycles. The van der Waals surface area contributed by atoms with Crippen LogP contribution in [0.3, 0.4) is 0 Å². The Morgan fingerprint density at radius 3 is 3.00 bits per heavy atom. The Kier molecular flexibility index (Phi) is 4.93. The molecule has 4 nitrogen and oxygen atoms in total. The second kappa shape index (κ2) is 6.47. The highest BCUT2D eigenvalue weighted by Gasteiger charge is 2.00. The summed E-state index contributed by atoms with van der Waals surface area (Å²) in [5.74, 6) is 4.36. The minimum absolute atomic E-state index is 0.285. The molecule has 0 bridgehead atoms. The van der Waals surface area contributed by atoms with Crippen LogP contribution in [0, 0.1) is 22.5 Å². The van der Waals surface area contributed by atoms with Gasteiger partial charge in [0.05, 0.1) is 6.61 Å². The van der Waals surface area contributed by atoms with Gasteiger partial charge in [-0.25, -0.2) is 4.79 Å². The lowest BCUT2D eigenvalue weighted by molar-refractivity contribution is -0.136. The Balaban J connectivity index is 2.93. The Morgan fingerprint density at radius 1 is 1.59 bits per heavy atom. The number of nitrogens with two attached hydrogens (primary N) is 1. The fourth-order valence-electron chi connectivity index (χ4n) is 1.05. The summed E-state index contributed by atoms with van der Waals surface area (Å²) in [6, 6.07) is 5.03. The molecule has 0 aliphatic heterocycles. The largest absolute Gasteiger partial charge is 0.456 e. The van der Waals surface area contributed by atoms with Crippen molar-refractivity contribution < 1.29 is 9.53 Å². The van der Waals surface area contributed by atoms with Gasteiger partial charge in [0, 0.05) is 22.1 Å². The summed E-state index contributed by atoms with van der Waals surface area (Å²) in [5.41, 5.74) is 6.67. The molecule has 0 saturated heterocycles. The summed E-state index contributed by atoms with van der Waals surface area (Å²) >= 11 is 1.01. The summed E-state index contributed by atoms with van der Waals surface area (Å²) in [7, 11) is 0. The van der Waals surface area contributed by atoms with E-state index in [-0.39, 0.29) is 6.61 Å². The average Bonchev–Trinajstić information content (AvgIpc) is 2.30. The lowest BCUT2D eigenvalue weighted by Gasteiger charge is -1.99. The molecule has 1 aromatic rings. The fraction of sp³-hybridized carbons (Fsp3) is 0.167.